The molecule has 0 saturated carbocycles. The number of carboxylic acids is 1. The van der Waals surface area contributed by atoms with E-state index in [1.165, 1.54) is 11.3 Å². The molecule has 1 heterocycles. The molecule has 2 aromatic rings. The summed E-state index contributed by atoms with van der Waals surface area (Å²) in [6, 6.07) is 7.25. The van der Waals surface area contributed by atoms with Crippen molar-refractivity contribution in [3.8, 4) is 11.3 Å². The summed E-state index contributed by atoms with van der Waals surface area (Å²) >= 11 is 1.40. The van der Waals surface area contributed by atoms with E-state index < -0.39 is 5.97 Å². The largest absolute Gasteiger partial charge is 0.481 e. The first-order valence-electron chi connectivity index (χ1n) is 5.84. The minimum atomic E-state index is -0.849. The molecule has 1 aromatic heterocycles. The molecule has 6 nitrogen and oxygen atoms in total. The van der Waals surface area contributed by atoms with Gasteiger partial charge in [0.05, 0.1) is 12.1 Å². The third-order valence-electron chi connectivity index (χ3n) is 2.59. The highest BCUT2D eigenvalue weighted by Gasteiger charge is 2.10. The minimum Gasteiger partial charge on any atom is -0.481 e. The molecule has 0 aliphatic rings. The van der Waals surface area contributed by atoms with Crippen LogP contribution in [0.15, 0.2) is 29.3 Å². The number of nitrogens with zero attached hydrogens (tertiary/aromatic N) is 2. The molecule has 2 rings (SSSR count). The van der Waals surface area contributed by atoms with Crippen LogP contribution in [0.25, 0.3) is 11.3 Å². The lowest BCUT2D eigenvalue weighted by molar-refractivity contribution is -0.136. The summed E-state index contributed by atoms with van der Waals surface area (Å²) in [5, 5.41) is 9.24. The SMILES string of the molecule is Cc1sc(N=C(N)N)nc1-c1ccc(CC(=O)O)cc1. The number of aryl methyl sites for hydroxylation is 1. The molecule has 0 amide bonds. The van der Waals surface area contributed by atoms with E-state index in [4.69, 9.17) is 16.6 Å². The second-order valence-electron chi connectivity index (χ2n) is 4.21. The Morgan fingerprint density at radius 1 is 1.35 bits per heavy atom. The third kappa shape index (κ3) is 3.33. The van der Waals surface area contributed by atoms with Crippen molar-refractivity contribution >= 4 is 28.4 Å². The van der Waals surface area contributed by atoms with Gasteiger partial charge in [0.15, 0.2) is 5.96 Å². The van der Waals surface area contributed by atoms with Gasteiger partial charge in [-0.05, 0) is 12.5 Å². The van der Waals surface area contributed by atoms with E-state index in [-0.39, 0.29) is 12.4 Å². The number of benzene rings is 1. The monoisotopic (exact) mass is 290 g/mol. The molecule has 20 heavy (non-hydrogen) atoms. The Morgan fingerprint density at radius 3 is 2.55 bits per heavy atom. The fourth-order valence-electron chi connectivity index (χ4n) is 1.76. The van der Waals surface area contributed by atoms with Crippen molar-refractivity contribution < 1.29 is 9.90 Å². The molecule has 0 bridgehead atoms. The number of rotatable bonds is 4. The van der Waals surface area contributed by atoms with Crippen LogP contribution in [0.2, 0.25) is 0 Å². The van der Waals surface area contributed by atoms with Gasteiger partial charge in [-0.3, -0.25) is 4.79 Å². The van der Waals surface area contributed by atoms with Crippen LogP contribution in [-0.2, 0) is 11.2 Å². The quantitative estimate of drug-likeness (QED) is 0.585. The average molecular weight is 290 g/mol. The smallest absolute Gasteiger partial charge is 0.307 e. The maximum Gasteiger partial charge on any atom is 0.307 e. The van der Waals surface area contributed by atoms with Crippen molar-refractivity contribution in [1.82, 2.24) is 4.98 Å². The van der Waals surface area contributed by atoms with Gasteiger partial charge in [-0.25, -0.2) is 4.98 Å². The Labute approximate surface area is 119 Å². The first kappa shape index (κ1) is 14.0. The highest BCUT2D eigenvalue weighted by Crippen LogP contribution is 2.31. The minimum absolute atomic E-state index is 0.00950. The standard InChI is InChI=1S/C13H14N4O2S/c1-7-11(16-13(20-7)17-12(14)15)9-4-2-8(3-5-9)6-10(18)19/h2-5H,6H2,1H3,(H,18,19)(H4,14,15,16,17). The molecule has 0 aliphatic heterocycles. The van der Waals surface area contributed by atoms with Gasteiger partial charge in [-0.1, -0.05) is 35.6 Å². The highest BCUT2D eigenvalue weighted by atomic mass is 32.1. The van der Waals surface area contributed by atoms with Crippen molar-refractivity contribution in [3.63, 3.8) is 0 Å². The van der Waals surface area contributed by atoms with E-state index in [2.05, 4.69) is 9.98 Å². The number of hydrogen-bond acceptors (Lipinski definition) is 4. The van der Waals surface area contributed by atoms with Crippen molar-refractivity contribution in [3.05, 3.63) is 34.7 Å². The van der Waals surface area contributed by atoms with E-state index in [1.54, 1.807) is 12.1 Å². The molecular weight excluding hydrogens is 276 g/mol. The number of aliphatic imine (C=N–C) groups is 1. The van der Waals surface area contributed by atoms with Gasteiger partial charge in [0.1, 0.15) is 0 Å². The molecule has 7 heteroatoms. The Kier molecular flexibility index (Phi) is 3.99. The topological polar surface area (TPSA) is 115 Å². The lowest BCUT2D eigenvalue weighted by atomic mass is 10.1. The first-order valence-corrected chi connectivity index (χ1v) is 6.65. The van der Waals surface area contributed by atoms with E-state index in [0.717, 1.165) is 21.7 Å². The Hall–Kier alpha value is -2.41. The van der Waals surface area contributed by atoms with Crippen molar-refractivity contribution in [2.75, 3.05) is 0 Å². The van der Waals surface area contributed by atoms with Gasteiger partial charge in [0, 0.05) is 10.4 Å². The number of carbonyl (C=O) groups is 1. The zero-order valence-corrected chi connectivity index (χ0v) is 11.6. The van der Waals surface area contributed by atoms with E-state index in [0.29, 0.717) is 5.13 Å². The first-order chi connectivity index (χ1) is 9.45. The average Bonchev–Trinajstić information content (AvgIpc) is 2.69. The number of hydrogen-bond donors (Lipinski definition) is 3. The third-order valence-corrected chi connectivity index (χ3v) is 3.46. The Balaban J connectivity index is 2.30. The molecule has 0 aliphatic carbocycles. The van der Waals surface area contributed by atoms with Gasteiger partial charge < -0.3 is 16.6 Å². The van der Waals surface area contributed by atoms with Crippen LogP contribution < -0.4 is 11.5 Å². The van der Waals surface area contributed by atoms with Crippen molar-refractivity contribution in [2.45, 2.75) is 13.3 Å². The second kappa shape index (κ2) is 5.70. The predicted molar refractivity (Wildman–Crippen MR) is 79.1 cm³/mol. The molecule has 0 fully saturated rings. The summed E-state index contributed by atoms with van der Waals surface area (Å²) in [5.41, 5.74) is 13.1. The second-order valence-corrected chi connectivity index (χ2v) is 5.39. The van der Waals surface area contributed by atoms with Gasteiger partial charge in [0.25, 0.3) is 0 Å². The van der Waals surface area contributed by atoms with Crippen molar-refractivity contribution in [2.24, 2.45) is 16.5 Å². The Morgan fingerprint density at radius 2 is 2.00 bits per heavy atom. The number of aromatic nitrogens is 1. The van der Waals surface area contributed by atoms with Gasteiger partial charge in [-0.15, -0.1) is 0 Å². The summed E-state index contributed by atoms with van der Waals surface area (Å²) in [6.07, 6.45) is 0.00950. The summed E-state index contributed by atoms with van der Waals surface area (Å²) in [5.74, 6) is -0.875. The van der Waals surface area contributed by atoms with Crippen LogP contribution in [0.4, 0.5) is 5.13 Å². The Bertz CT molecular complexity index is 658. The number of thiazole rings is 1. The molecule has 104 valence electrons. The van der Waals surface area contributed by atoms with E-state index in [1.807, 2.05) is 19.1 Å². The summed E-state index contributed by atoms with van der Waals surface area (Å²) in [6.45, 7) is 1.93. The molecule has 0 saturated heterocycles. The molecule has 0 radical (unpaired) electrons. The molecule has 0 unspecified atom stereocenters. The van der Waals surface area contributed by atoms with Crippen LogP contribution in [0.1, 0.15) is 10.4 Å². The van der Waals surface area contributed by atoms with Crippen molar-refractivity contribution in [1.29, 1.82) is 0 Å². The fourth-order valence-corrected chi connectivity index (χ4v) is 2.59. The predicted octanol–water partition coefficient (Wildman–Crippen LogP) is 1.65. The zero-order valence-electron chi connectivity index (χ0n) is 10.8. The van der Waals surface area contributed by atoms with E-state index in [9.17, 15) is 4.79 Å². The maximum absolute atomic E-state index is 10.6. The maximum atomic E-state index is 10.6. The number of nitrogens with two attached hydrogens (primary N) is 2. The molecule has 0 spiro atoms. The summed E-state index contributed by atoms with van der Waals surface area (Å²) < 4.78 is 0. The molecule has 1 aromatic carbocycles. The van der Waals surface area contributed by atoms with Crippen LogP contribution in [-0.4, -0.2) is 22.0 Å². The van der Waals surface area contributed by atoms with Gasteiger partial charge >= 0.3 is 5.97 Å². The highest BCUT2D eigenvalue weighted by molar-refractivity contribution is 7.15. The number of carboxylic acid groups (broad SMARTS) is 1. The lowest BCUT2D eigenvalue weighted by Gasteiger charge is -2.01. The molecule has 0 atom stereocenters. The van der Waals surface area contributed by atoms with Crippen LogP contribution in [0.3, 0.4) is 0 Å². The van der Waals surface area contributed by atoms with Gasteiger partial charge in [-0.2, -0.15) is 4.99 Å². The number of aliphatic carboxylic acids is 1. The lowest BCUT2D eigenvalue weighted by Crippen LogP contribution is -2.21. The van der Waals surface area contributed by atoms with Crippen LogP contribution in [0, 0.1) is 6.92 Å². The summed E-state index contributed by atoms with van der Waals surface area (Å²) in [4.78, 5) is 19.9. The fraction of sp³-hybridized carbons (Fsp3) is 0.154. The zero-order chi connectivity index (χ0) is 14.7. The van der Waals surface area contributed by atoms with Gasteiger partial charge in [0.2, 0.25) is 5.13 Å². The molecular formula is C13H14N4O2S. The van der Waals surface area contributed by atoms with Crippen LogP contribution >= 0.6 is 11.3 Å². The number of guanidine groups is 1. The van der Waals surface area contributed by atoms with E-state index >= 15 is 0 Å². The summed E-state index contributed by atoms with van der Waals surface area (Å²) in [7, 11) is 0. The normalized spacial score (nSPS) is 10.2. The van der Waals surface area contributed by atoms with Crippen LogP contribution in [0.5, 0.6) is 0 Å². The molecule has 5 N–H and O–H groups in total.